The quantitative estimate of drug-likeness (QED) is 0.910. The molecule has 2 rings (SSSR count). The fraction of sp³-hybridized carbons (Fsp3) is 0.250. The molecule has 0 fully saturated rings. The topological polar surface area (TPSA) is 73.2 Å². The SMILES string of the molecule is CCc1cccc(C)c1N(CC(=O)Nc1cccc(C#N)c1)C(C)=O. The number of carbonyl (C=O) groups excluding carboxylic acids is 2. The molecule has 128 valence electrons. The number of hydrogen-bond donors (Lipinski definition) is 1. The van der Waals surface area contributed by atoms with E-state index in [0.29, 0.717) is 11.3 Å². The number of carbonyl (C=O) groups is 2. The van der Waals surface area contributed by atoms with Crippen LogP contribution in [0.5, 0.6) is 0 Å². The van der Waals surface area contributed by atoms with Crippen molar-refractivity contribution in [3.8, 4) is 6.07 Å². The lowest BCUT2D eigenvalue weighted by Crippen LogP contribution is -2.37. The maximum absolute atomic E-state index is 12.4. The van der Waals surface area contributed by atoms with Crippen molar-refractivity contribution in [3.05, 3.63) is 59.2 Å². The Balaban J connectivity index is 2.24. The molecule has 25 heavy (non-hydrogen) atoms. The molecule has 0 unspecified atom stereocenters. The molecule has 0 aliphatic carbocycles. The summed E-state index contributed by atoms with van der Waals surface area (Å²) in [7, 11) is 0. The Labute approximate surface area is 147 Å². The van der Waals surface area contributed by atoms with Crippen LogP contribution >= 0.6 is 0 Å². The smallest absolute Gasteiger partial charge is 0.244 e. The Morgan fingerprint density at radius 1 is 1.20 bits per heavy atom. The number of amides is 2. The second-order valence-corrected chi connectivity index (χ2v) is 5.78. The van der Waals surface area contributed by atoms with Crippen LogP contribution in [0.2, 0.25) is 0 Å². The molecule has 0 heterocycles. The van der Waals surface area contributed by atoms with Crippen LogP contribution in [0.15, 0.2) is 42.5 Å². The summed E-state index contributed by atoms with van der Waals surface area (Å²) >= 11 is 0. The van der Waals surface area contributed by atoms with Crippen molar-refractivity contribution in [3.63, 3.8) is 0 Å². The van der Waals surface area contributed by atoms with Gasteiger partial charge in [0.05, 0.1) is 17.3 Å². The maximum atomic E-state index is 12.4. The van der Waals surface area contributed by atoms with E-state index < -0.39 is 0 Å². The average molecular weight is 335 g/mol. The minimum absolute atomic E-state index is 0.0794. The predicted octanol–water partition coefficient (Wildman–Crippen LogP) is 3.42. The van der Waals surface area contributed by atoms with Crippen LogP contribution in [0.1, 0.15) is 30.5 Å². The third kappa shape index (κ3) is 4.45. The largest absolute Gasteiger partial charge is 0.324 e. The van der Waals surface area contributed by atoms with E-state index in [1.54, 1.807) is 24.3 Å². The molecule has 5 heteroatoms. The molecule has 0 aliphatic rings. The van der Waals surface area contributed by atoms with E-state index in [9.17, 15) is 9.59 Å². The minimum Gasteiger partial charge on any atom is -0.324 e. The third-order valence-electron chi connectivity index (χ3n) is 3.93. The monoisotopic (exact) mass is 335 g/mol. The van der Waals surface area contributed by atoms with E-state index in [1.165, 1.54) is 11.8 Å². The Hall–Kier alpha value is -3.13. The van der Waals surface area contributed by atoms with Gasteiger partial charge < -0.3 is 10.2 Å². The lowest BCUT2D eigenvalue weighted by atomic mass is 10.0. The van der Waals surface area contributed by atoms with Crippen LogP contribution in [0.4, 0.5) is 11.4 Å². The zero-order valence-corrected chi connectivity index (χ0v) is 14.7. The summed E-state index contributed by atoms with van der Waals surface area (Å²) in [4.78, 5) is 26.1. The molecule has 0 bridgehead atoms. The molecule has 1 N–H and O–H groups in total. The van der Waals surface area contributed by atoms with Crippen LogP contribution in [0.25, 0.3) is 0 Å². The number of anilines is 2. The third-order valence-corrected chi connectivity index (χ3v) is 3.93. The van der Waals surface area contributed by atoms with Gasteiger partial charge >= 0.3 is 0 Å². The number of nitrogens with one attached hydrogen (secondary N) is 1. The zero-order valence-electron chi connectivity index (χ0n) is 14.7. The number of nitrogens with zero attached hydrogens (tertiary/aromatic N) is 2. The van der Waals surface area contributed by atoms with Gasteiger partial charge in [-0.25, -0.2) is 0 Å². The molecule has 5 nitrogen and oxygen atoms in total. The van der Waals surface area contributed by atoms with Crippen molar-refractivity contribution in [1.29, 1.82) is 5.26 Å². The van der Waals surface area contributed by atoms with E-state index in [0.717, 1.165) is 23.2 Å². The van der Waals surface area contributed by atoms with E-state index in [-0.39, 0.29) is 18.4 Å². The predicted molar refractivity (Wildman–Crippen MR) is 98.4 cm³/mol. The molecule has 2 amide bonds. The molecule has 2 aromatic rings. The molecule has 0 radical (unpaired) electrons. The number of para-hydroxylation sites is 1. The molecule has 0 saturated heterocycles. The Morgan fingerprint density at radius 2 is 1.92 bits per heavy atom. The molecule has 2 aromatic carbocycles. The summed E-state index contributed by atoms with van der Waals surface area (Å²) in [6.07, 6.45) is 0.770. The highest BCUT2D eigenvalue weighted by Gasteiger charge is 2.20. The first-order chi connectivity index (χ1) is 12.0. The summed E-state index contributed by atoms with van der Waals surface area (Å²) in [5, 5.41) is 11.7. The average Bonchev–Trinajstić information content (AvgIpc) is 2.59. The van der Waals surface area contributed by atoms with Crippen molar-refractivity contribution >= 4 is 23.2 Å². The first-order valence-electron chi connectivity index (χ1n) is 8.12. The standard InChI is InChI=1S/C20H21N3O2/c1-4-17-9-5-7-14(2)20(17)23(15(3)24)13-19(25)22-18-10-6-8-16(11-18)12-21/h5-11H,4,13H2,1-3H3,(H,22,25). The van der Waals surface area contributed by atoms with Gasteiger partial charge in [-0.1, -0.05) is 31.2 Å². The highest BCUT2D eigenvalue weighted by Crippen LogP contribution is 2.26. The van der Waals surface area contributed by atoms with Gasteiger partial charge in [0.25, 0.3) is 0 Å². The van der Waals surface area contributed by atoms with Gasteiger partial charge in [-0.15, -0.1) is 0 Å². The van der Waals surface area contributed by atoms with Gasteiger partial charge in [0, 0.05) is 12.6 Å². The molecule has 0 aliphatic heterocycles. The Bertz CT molecular complexity index is 837. The highest BCUT2D eigenvalue weighted by molar-refractivity contribution is 6.02. The lowest BCUT2D eigenvalue weighted by Gasteiger charge is -2.25. The Kier molecular flexibility index (Phi) is 5.91. The van der Waals surface area contributed by atoms with Crippen LogP contribution in [0.3, 0.4) is 0 Å². The van der Waals surface area contributed by atoms with E-state index in [4.69, 9.17) is 5.26 Å². The summed E-state index contributed by atoms with van der Waals surface area (Å²) in [6, 6.07) is 14.5. The number of nitriles is 1. The molecular formula is C20H21N3O2. The van der Waals surface area contributed by atoms with E-state index in [2.05, 4.69) is 5.32 Å². The molecule has 0 aromatic heterocycles. The molecule has 0 atom stereocenters. The van der Waals surface area contributed by atoms with Crippen LogP contribution in [0, 0.1) is 18.3 Å². The first kappa shape index (κ1) is 18.2. The molecule has 0 saturated carbocycles. The summed E-state index contributed by atoms with van der Waals surface area (Å²) < 4.78 is 0. The fourth-order valence-corrected chi connectivity index (χ4v) is 2.75. The van der Waals surface area contributed by atoms with Crippen molar-refractivity contribution in [2.45, 2.75) is 27.2 Å². The van der Waals surface area contributed by atoms with Crippen molar-refractivity contribution in [1.82, 2.24) is 0 Å². The molecule has 0 spiro atoms. The minimum atomic E-state index is -0.310. The van der Waals surface area contributed by atoms with Crippen molar-refractivity contribution in [2.75, 3.05) is 16.8 Å². The highest BCUT2D eigenvalue weighted by atomic mass is 16.2. The first-order valence-corrected chi connectivity index (χ1v) is 8.12. The zero-order chi connectivity index (χ0) is 18.4. The number of hydrogen-bond acceptors (Lipinski definition) is 3. The summed E-state index contributed by atoms with van der Waals surface area (Å²) in [5.41, 5.74) is 3.77. The van der Waals surface area contributed by atoms with E-state index >= 15 is 0 Å². The Morgan fingerprint density at radius 3 is 2.56 bits per heavy atom. The van der Waals surface area contributed by atoms with Gasteiger partial charge in [0.15, 0.2) is 0 Å². The number of benzene rings is 2. The van der Waals surface area contributed by atoms with Crippen molar-refractivity contribution < 1.29 is 9.59 Å². The van der Waals surface area contributed by atoms with Gasteiger partial charge in [-0.05, 0) is 42.7 Å². The summed E-state index contributed by atoms with van der Waals surface area (Å²) in [6.45, 7) is 5.32. The van der Waals surface area contributed by atoms with Crippen molar-refractivity contribution in [2.24, 2.45) is 0 Å². The summed E-state index contributed by atoms with van der Waals surface area (Å²) in [5.74, 6) is -0.500. The normalized spacial score (nSPS) is 10.0. The van der Waals surface area contributed by atoms with Gasteiger partial charge in [-0.3, -0.25) is 9.59 Å². The second-order valence-electron chi connectivity index (χ2n) is 5.78. The molecular weight excluding hydrogens is 314 g/mol. The van der Waals surface area contributed by atoms with Crippen LogP contribution < -0.4 is 10.2 Å². The van der Waals surface area contributed by atoms with Crippen LogP contribution in [-0.2, 0) is 16.0 Å². The second kappa shape index (κ2) is 8.11. The number of aryl methyl sites for hydroxylation is 2. The van der Waals surface area contributed by atoms with Gasteiger partial charge in [0.1, 0.15) is 6.54 Å². The van der Waals surface area contributed by atoms with Crippen LogP contribution in [-0.4, -0.2) is 18.4 Å². The van der Waals surface area contributed by atoms with Gasteiger partial charge in [0.2, 0.25) is 11.8 Å². The number of rotatable bonds is 5. The fourth-order valence-electron chi connectivity index (χ4n) is 2.75. The van der Waals surface area contributed by atoms with E-state index in [1.807, 2.05) is 38.1 Å². The lowest BCUT2D eigenvalue weighted by molar-refractivity contribution is -0.120. The maximum Gasteiger partial charge on any atom is 0.244 e. The van der Waals surface area contributed by atoms with Gasteiger partial charge in [-0.2, -0.15) is 5.26 Å².